The molecule has 0 aromatic heterocycles. The maximum atomic E-state index is 5.18. The second-order valence-corrected chi connectivity index (χ2v) is 2.67. The van der Waals surface area contributed by atoms with Crippen molar-refractivity contribution in [1.82, 2.24) is 0 Å². The Balaban J connectivity index is 2.77. The van der Waals surface area contributed by atoms with Crippen molar-refractivity contribution in [3.05, 3.63) is 0 Å². The second-order valence-electron chi connectivity index (χ2n) is 2.67. The first-order valence-electron chi connectivity index (χ1n) is 3.66. The fourth-order valence-corrected chi connectivity index (χ4v) is 0.528. The minimum absolute atomic E-state index is 0.484. The van der Waals surface area contributed by atoms with Crippen LogP contribution < -0.4 is 5.90 Å². The van der Waals surface area contributed by atoms with Crippen molar-refractivity contribution in [3.63, 3.8) is 0 Å². The standard InChI is InChI=1S/C7H17NO2/c1-7(2)3-4-9-5-6-10-8/h7H,3-6,8H2,1-2H3. The van der Waals surface area contributed by atoms with E-state index in [0.717, 1.165) is 13.0 Å². The Kier molecular flexibility index (Phi) is 6.91. The SMILES string of the molecule is CC(C)CCOCCON. The van der Waals surface area contributed by atoms with Gasteiger partial charge >= 0.3 is 0 Å². The largest absolute Gasteiger partial charge is 0.379 e. The topological polar surface area (TPSA) is 44.5 Å². The summed E-state index contributed by atoms with van der Waals surface area (Å²) in [5.74, 6) is 5.50. The third-order valence-electron chi connectivity index (χ3n) is 1.19. The predicted molar refractivity (Wildman–Crippen MR) is 40.4 cm³/mol. The summed E-state index contributed by atoms with van der Waals surface area (Å²) in [6.07, 6.45) is 1.10. The molecule has 2 N–H and O–H groups in total. The van der Waals surface area contributed by atoms with Gasteiger partial charge in [-0.25, -0.2) is 5.90 Å². The Morgan fingerprint density at radius 2 is 1.90 bits per heavy atom. The molecule has 0 fully saturated rings. The summed E-state index contributed by atoms with van der Waals surface area (Å²) in [6.45, 7) is 6.23. The van der Waals surface area contributed by atoms with E-state index in [1.54, 1.807) is 0 Å². The summed E-state index contributed by atoms with van der Waals surface area (Å²) >= 11 is 0. The van der Waals surface area contributed by atoms with Gasteiger partial charge in [-0.3, -0.25) is 0 Å². The van der Waals surface area contributed by atoms with Crippen LogP contribution in [0.1, 0.15) is 20.3 Å². The third-order valence-corrected chi connectivity index (χ3v) is 1.19. The van der Waals surface area contributed by atoms with Gasteiger partial charge in [0.15, 0.2) is 0 Å². The average Bonchev–Trinajstić information content (AvgIpc) is 1.87. The molecule has 62 valence electrons. The van der Waals surface area contributed by atoms with E-state index in [4.69, 9.17) is 10.6 Å². The van der Waals surface area contributed by atoms with E-state index in [-0.39, 0.29) is 0 Å². The van der Waals surface area contributed by atoms with Crippen molar-refractivity contribution in [3.8, 4) is 0 Å². The van der Waals surface area contributed by atoms with Gasteiger partial charge in [-0.2, -0.15) is 0 Å². The van der Waals surface area contributed by atoms with E-state index in [2.05, 4.69) is 18.7 Å². The second kappa shape index (κ2) is 6.99. The summed E-state index contributed by atoms with van der Waals surface area (Å²) < 4.78 is 5.18. The molecule has 0 radical (unpaired) electrons. The molecule has 0 amide bonds. The van der Waals surface area contributed by atoms with Gasteiger partial charge in [0.2, 0.25) is 0 Å². The zero-order valence-electron chi connectivity index (χ0n) is 6.80. The molecule has 0 aliphatic carbocycles. The minimum atomic E-state index is 0.484. The Bertz CT molecular complexity index is 66.6. The molecule has 0 rings (SSSR count). The lowest BCUT2D eigenvalue weighted by Gasteiger charge is -2.04. The number of hydrogen-bond acceptors (Lipinski definition) is 3. The fraction of sp³-hybridized carbons (Fsp3) is 1.00. The monoisotopic (exact) mass is 147 g/mol. The lowest BCUT2D eigenvalue weighted by Crippen LogP contribution is -2.09. The molecule has 0 saturated heterocycles. The fourth-order valence-electron chi connectivity index (χ4n) is 0.528. The summed E-state index contributed by atoms with van der Waals surface area (Å²) in [4.78, 5) is 4.32. The third kappa shape index (κ3) is 7.88. The van der Waals surface area contributed by atoms with E-state index in [9.17, 15) is 0 Å². The van der Waals surface area contributed by atoms with Crippen LogP contribution in [0.4, 0.5) is 0 Å². The molecule has 0 unspecified atom stereocenters. The predicted octanol–water partition coefficient (Wildman–Crippen LogP) is 0.939. The molecule has 0 spiro atoms. The van der Waals surface area contributed by atoms with Gasteiger partial charge in [0.05, 0.1) is 13.2 Å². The van der Waals surface area contributed by atoms with Crippen molar-refractivity contribution in [1.29, 1.82) is 0 Å². The smallest absolute Gasteiger partial charge is 0.0913 e. The van der Waals surface area contributed by atoms with Crippen LogP contribution in [-0.2, 0) is 9.57 Å². The molecule has 3 nitrogen and oxygen atoms in total. The van der Waals surface area contributed by atoms with Crippen LogP contribution in [0.5, 0.6) is 0 Å². The van der Waals surface area contributed by atoms with Crippen LogP contribution in [0, 0.1) is 5.92 Å². The number of rotatable bonds is 6. The van der Waals surface area contributed by atoms with Gasteiger partial charge in [0.25, 0.3) is 0 Å². The summed E-state index contributed by atoms with van der Waals surface area (Å²) in [5, 5.41) is 0. The molecule has 0 saturated carbocycles. The molecule has 0 aliphatic rings. The molecule has 0 heterocycles. The van der Waals surface area contributed by atoms with Crippen molar-refractivity contribution in [2.45, 2.75) is 20.3 Å². The lowest BCUT2D eigenvalue weighted by molar-refractivity contribution is 0.0440. The highest BCUT2D eigenvalue weighted by atomic mass is 16.6. The number of ether oxygens (including phenoxy) is 1. The van der Waals surface area contributed by atoms with E-state index < -0.39 is 0 Å². The van der Waals surface area contributed by atoms with Gasteiger partial charge < -0.3 is 9.57 Å². The maximum Gasteiger partial charge on any atom is 0.0913 e. The molecule has 0 aliphatic heterocycles. The van der Waals surface area contributed by atoms with Crippen molar-refractivity contribution in [2.24, 2.45) is 11.8 Å². The minimum Gasteiger partial charge on any atom is -0.379 e. The van der Waals surface area contributed by atoms with Crippen LogP contribution in [0.25, 0.3) is 0 Å². The number of nitrogens with two attached hydrogens (primary N) is 1. The highest BCUT2D eigenvalue weighted by molar-refractivity contribution is 4.41. The van der Waals surface area contributed by atoms with Crippen LogP contribution in [0.2, 0.25) is 0 Å². The average molecular weight is 147 g/mol. The Morgan fingerprint density at radius 3 is 2.40 bits per heavy atom. The first kappa shape index (κ1) is 9.88. The zero-order chi connectivity index (χ0) is 7.82. The molecular weight excluding hydrogens is 130 g/mol. The molecule has 0 bridgehead atoms. The lowest BCUT2D eigenvalue weighted by atomic mass is 10.1. The zero-order valence-corrected chi connectivity index (χ0v) is 6.80. The summed E-state index contributed by atoms with van der Waals surface area (Å²) in [6, 6.07) is 0. The number of hydrogen-bond donors (Lipinski definition) is 1. The van der Waals surface area contributed by atoms with Gasteiger partial charge in [0.1, 0.15) is 0 Å². The first-order valence-corrected chi connectivity index (χ1v) is 3.66. The Morgan fingerprint density at radius 1 is 1.20 bits per heavy atom. The van der Waals surface area contributed by atoms with Crippen LogP contribution in [-0.4, -0.2) is 19.8 Å². The molecule has 0 aromatic carbocycles. The quantitative estimate of drug-likeness (QED) is 0.449. The van der Waals surface area contributed by atoms with Gasteiger partial charge in [-0.05, 0) is 12.3 Å². The Hall–Kier alpha value is -0.120. The normalized spacial score (nSPS) is 10.8. The van der Waals surface area contributed by atoms with E-state index in [1.807, 2.05) is 0 Å². The Labute approximate surface area is 62.4 Å². The van der Waals surface area contributed by atoms with Gasteiger partial charge in [0, 0.05) is 6.61 Å². The molecular formula is C7H17NO2. The maximum absolute atomic E-state index is 5.18. The molecule has 3 heteroatoms. The van der Waals surface area contributed by atoms with Gasteiger partial charge in [-0.1, -0.05) is 13.8 Å². The van der Waals surface area contributed by atoms with E-state index >= 15 is 0 Å². The molecule has 0 atom stereocenters. The van der Waals surface area contributed by atoms with E-state index in [0.29, 0.717) is 19.1 Å². The van der Waals surface area contributed by atoms with Crippen molar-refractivity contribution >= 4 is 0 Å². The molecule has 10 heavy (non-hydrogen) atoms. The van der Waals surface area contributed by atoms with Gasteiger partial charge in [-0.15, -0.1) is 0 Å². The summed E-state index contributed by atoms with van der Waals surface area (Å²) in [5.41, 5.74) is 0. The highest BCUT2D eigenvalue weighted by Crippen LogP contribution is 1.98. The van der Waals surface area contributed by atoms with Crippen LogP contribution >= 0.6 is 0 Å². The van der Waals surface area contributed by atoms with Crippen molar-refractivity contribution < 1.29 is 9.57 Å². The first-order chi connectivity index (χ1) is 4.77. The molecule has 0 aromatic rings. The summed E-state index contributed by atoms with van der Waals surface area (Å²) in [7, 11) is 0. The van der Waals surface area contributed by atoms with Crippen LogP contribution in [0.3, 0.4) is 0 Å². The van der Waals surface area contributed by atoms with E-state index in [1.165, 1.54) is 0 Å². The van der Waals surface area contributed by atoms with Crippen molar-refractivity contribution in [2.75, 3.05) is 19.8 Å². The van der Waals surface area contributed by atoms with Crippen LogP contribution in [0.15, 0.2) is 0 Å². The highest BCUT2D eigenvalue weighted by Gasteiger charge is 1.92.